The van der Waals surface area contributed by atoms with Crippen molar-refractivity contribution in [3.8, 4) is 5.75 Å². The lowest BCUT2D eigenvalue weighted by atomic mass is 9.89. The Labute approximate surface area is 409 Å². The number of aryl methyl sites for hydroxylation is 1. The van der Waals surface area contributed by atoms with Crippen molar-refractivity contribution >= 4 is 85.7 Å². The summed E-state index contributed by atoms with van der Waals surface area (Å²) in [5.41, 5.74) is 5.21. The van der Waals surface area contributed by atoms with E-state index in [1.807, 2.05) is 12.1 Å². The van der Waals surface area contributed by atoms with E-state index in [2.05, 4.69) is 85.5 Å². The fraction of sp³-hybridized carbons (Fsp3) is 0.480. The van der Waals surface area contributed by atoms with Crippen LogP contribution >= 0.6 is 23.1 Å². The first-order valence-electron chi connectivity index (χ1n) is 24.1. The van der Waals surface area contributed by atoms with E-state index >= 15 is 8.78 Å². The highest BCUT2D eigenvalue weighted by Crippen LogP contribution is 2.43. The minimum atomic E-state index is -2.78. The van der Waals surface area contributed by atoms with Gasteiger partial charge in [-0.05, 0) is 129 Å². The van der Waals surface area contributed by atoms with E-state index in [4.69, 9.17) is 9.72 Å². The number of piperazine rings is 1. The average molecular weight is 1030 g/mol. The fourth-order valence-electron chi connectivity index (χ4n) is 11.5. The quantitative estimate of drug-likeness (QED) is 0.0768. The third kappa shape index (κ3) is 9.78. The van der Waals surface area contributed by atoms with Crippen LogP contribution in [0.4, 0.5) is 43.3 Å². The predicted octanol–water partition coefficient (Wildman–Crippen LogP) is 8.07. The summed E-state index contributed by atoms with van der Waals surface area (Å²) < 4.78 is 50.6. The Morgan fingerprint density at radius 3 is 2.30 bits per heavy atom. The Morgan fingerprint density at radius 1 is 0.870 bits per heavy atom. The first-order chi connectivity index (χ1) is 33.2. The van der Waals surface area contributed by atoms with E-state index in [1.54, 1.807) is 39.0 Å². The number of nitrogens with zero attached hydrogens (tertiary/aromatic N) is 8. The molecular weight excluding hydrogens is 967 g/mol. The molecule has 0 aliphatic carbocycles. The van der Waals surface area contributed by atoms with E-state index in [0.29, 0.717) is 73.7 Å². The zero-order chi connectivity index (χ0) is 48.1. The first kappa shape index (κ1) is 47.4. The standard InChI is InChI=1S/C50H59BrF2N11O4P/c1-29-21-41(58-50-56-26-36(51)48(60-50)57-40-7-6-39-46(55-15-14-54-39)47(40)69(3,4)67)43(68-2)25-42(29)62-19-12-31(13-20-62)64-28-33-22-34(64)27-63(33)18-11-30-9-16-61(17-10-30)32-23-37(52)45(38(53)24-32)35-5-8-44(65)59-49(35)66/h6-7,14-15,21,23-26,30-31,33-35H,5,8-13,16-20,22,27-28H2,1-4H3,(H,59,65,66)(H2,56,57,58,60)/t33-,34-,35?/m0/s1. The number of carbonyl (C=O) groups excluding carboxylic acids is 2. The van der Waals surface area contributed by atoms with Crippen LogP contribution < -0.4 is 35.8 Å². The lowest BCUT2D eigenvalue weighted by molar-refractivity contribution is -0.134. The maximum absolute atomic E-state index is 15.3. The highest BCUT2D eigenvalue weighted by Gasteiger charge is 2.46. The molecule has 69 heavy (non-hydrogen) atoms. The largest absolute Gasteiger partial charge is 0.494 e. The molecule has 5 fully saturated rings. The Bertz CT molecular complexity index is 2810. The normalized spacial score (nSPS) is 21.9. The molecule has 3 N–H and O–H groups in total. The number of halogens is 3. The molecule has 0 saturated carbocycles. The molecule has 7 heterocycles. The smallest absolute Gasteiger partial charge is 0.234 e. The molecule has 2 aromatic heterocycles. The van der Waals surface area contributed by atoms with E-state index in [0.717, 1.165) is 94.9 Å². The van der Waals surface area contributed by atoms with E-state index in [-0.39, 0.29) is 18.4 Å². The molecule has 5 saturated heterocycles. The van der Waals surface area contributed by atoms with Crippen molar-refractivity contribution in [3.63, 3.8) is 0 Å². The van der Waals surface area contributed by atoms with Crippen LogP contribution in [-0.2, 0) is 14.2 Å². The van der Waals surface area contributed by atoms with Crippen LogP contribution in [0.5, 0.6) is 5.75 Å². The summed E-state index contributed by atoms with van der Waals surface area (Å²) in [5.74, 6) is -1.35. The van der Waals surface area contributed by atoms with Gasteiger partial charge >= 0.3 is 0 Å². The van der Waals surface area contributed by atoms with Crippen LogP contribution in [0.1, 0.15) is 68.4 Å². The lowest BCUT2D eigenvalue weighted by Crippen LogP contribution is -2.53. The summed E-state index contributed by atoms with van der Waals surface area (Å²) in [7, 11) is -1.10. The third-order valence-corrected chi connectivity index (χ3v) is 17.2. The van der Waals surface area contributed by atoms with Crippen molar-refractivity contribution < 1.29 is 27.7 Å². The molecule has 3 atom stereocenters. The molecule has 2 amide bonds. The van der Waals surface area contributed by atoms with Gasteiger partial charge in [-0.25, -0.2) is 13.8 Å². The number of amides is 2. The lowest BCUT2D eigenvalue weighted by Gasteiger charge is -2.43. The molecule has 5 aliphatic heterocycles. The topological polar surface area (TPSA) is 161 Å². The van der Waals surface area contributed by atoms with Crippen molar-refractivity contribution in [1.82, 2.24) is 35.1 Å². The Morgan fingerprint density at radius 2 is 1.61 bits per heavy atom. The SMILES string of the molecule is COc1cc(N2CCC(N3C[C@@H]4C[C@H]3CN4CCC3CCN(c4cc(F)c(C5CCC(=O)NC5=O)c(F)c4)CC3)CC2)c(C)cc1Nc1ncc(Br)c(Nc2ccc3nccnc3c2P(C)(C)=O)n1. The van der Waals surface area contributed by atoms with Gasteiger partial charge in [0.15, 0.2) is 0 Å². The number of rotatable bonds is 13. The molecule has 15 nitrogen and oxygen atoms in total. The highest BCUT2D eigenvalue weighted by molar-refractivity contribution is 9.10. The minimum absolute atomic E-state index is 0.0716. The van der Waals surface area contributed by atoms with Gasteiger partial charge in [-0.1, -0.05) is 0 Å². The number of aromatic nitrogens is 4. The van der Waals surface area contributed by atoms with Crippen molar-refractivity contribution in [3.05, 3.63) is 82.2 Å². The van der Waals surface area contributed by atoms with Crippen molar-refractivity contribution in [2.45, 2.75) is 82.3 Å². The molecule has 2 bridgehead atoms. The van der Waals surface area contributed by atoms with Crippen LogP contribution in [-0.4, -0.2) is 126 Å². The van der Waals surface area contributed by atoms with Gasteiger partial charge in [0.2, 0.25) is 17.8 Å². The van der Waals surface area contributed by atoms with Gasteiger partial charge in [0, 0.05) is 105 Å². The Hall–Kier alpha value is -5.29. The van der Waals surface area contributed by atoms with Crippen LogP contribution in [0.2, 0.25) is 0 Å². The van der Waals surface area contributed by atoms with Crippen LogP contribution in [0.25, 0.3) is 11.0 Å². The summed E-state index contributed by atoms with van der Waals surface area (Å²) in [6.07, 6.45) is 11.6. The van der Waals surface area contributed by atoms with E-state index in [1.165, 1.54) is 18.6 Å². The molecule has 10 rings (SSSR count). The predicted molar refractivity (Wildman–Crippen MR) is 269 cm³/mol. The number of hydrogen-bond donors (Lipinski definition) is 3. The Kier molecular flexibility index (Phi) is 13.4. The maximum atomic E-state index is 15.3. The molecule has 3 aromatic carbocycles. The molecule has 0 spiro atoms. The zero-order valence-electron chi connectivity index (χ0n) is 39.5. The number of fused-ring (bicyclic) bond motifs is 3. The summed E-state index contributed by atoms with van der Waals surface area (Å²) >= 11 is 3.59. The number of piperidine rings is 3. The van der Waals surface area contributed by atoms with Gasteiger partial charge in [0.05, 0.1) is 39.7 Å². The van der Waals surface area contributed by atoms with Gasteiger partial charge < -0.3 is 29.7 Å². The first-order valence-corrected chi connectivity index (χ1v) is 27.5. The van der Waals surface area contributed by atoms with Gasteiger partial charge in [0.25, 0.3) is 0 Å². The molecule has 1 unspecified atom stereocenters. The molecule has 0 radical (unpaired) electrons. The molecular formula is C50H59BrF2N11O4P. The summed E-state index contributed by atoms with van der Waals surface area (Å²) in [6.45, 7) is 12.3. The summed E-state index contributed by atoms with van der Waals surface area (Å²) in [5, 5.41) is 9.57. The number of likely N-dealkylation sites (tertiary alicyclic amines) is 2. The maximum Gasteiger partial charge on any atom is 0.234 e. The number of hydrogen-bond acceptors (Lipinski definition) is 14. The highest BCUT2D eigenvalue weighted by atomic mass is 79.9. The average Bonchev–Trinajstić information content (AvgIpc) is 3.94. The third-order valence-electron chi connectivity index (χ3n) is 15.0. The number of imide groups is 1. The second kappa shape index (κ2) is 19.5. The monoisotopic (exact) mass is 1030 g/mol. The van der Waals surface area contributed by atoms with Crippen molar-refractivity contribution in [2.24, 2.45) is 5.92 Å². The van der Waals surface area contributed by atoms with Crippen molar-refractivity contribution in [2.75, 3.05) is 86.7 Å². The van der Waals surface area contributed by atoms with Gasteiger partial charge in [-0.2, -0.15) is 4.98 Å². The molecule has 5 aliphatic rings. The molecule has 19 heteroatoms. The molecule has 364 valence electrons. The van der Waals surface area contributed by atoms with Gasteiger partial charge in [-0.3, -0.25) is 34.7 Å². The minimum Gasteiger partial charge on any atom is -0.494 e. The Balaban J connectivity index is 0.703. The van der Waals surface area contributed by atoms with Crippen LogP contribution in [0, 0.1) is 24.5 Å². The van der Waals surface area contributed by atoms with Crippen LogP contribution in [0.3, 0.4) is 0 Å². The number of benzene rings is 3. The molecule has 5 aromatic rings. The number of methoxy groups -OCH3 is 1. The number of nitrogens with one attached hydrogen (secondary N) is 3. The fourth-order valence-corrected chi connectivity index (χ4v) is 13.2. The zero-order valence-corrected chi connectivity index (χ0v) is 42.0. The van der Waals surface area contributed by atoms with Crippen LogP contribution in [0.15, 0.2) is 59.5 Å². The number of ether oxygens (including phenoxy) is 1. The second-order valence-electron chi connectivity index (χ2n) is 19.7. The summed E-state index contributed by atoms with van der Waals surface area (Å²) in [6, 6.07) is 12.4. The number of carbonyl (C=O) groups is 2. The van der Waals surface area contributed by atoms with Crippen molar-refractivity contribution in [1.29, 1.82) is 0 Å². The summed E-state index contributed by atoms with van der Waals surface area (Å²) in [4.78, 5) is 52.2. The van der Waals surface area contributed by atoms with Gasteiger partial charge in [-0.15, -0.1) is 0 Å². The second-order valence-corrected chi connectivity index (χ2v) is 23.7. The van der Waals surface area contributed by atoms with Gasteiger partial charge in [0.1, 0.15) is 35.9 Å². The van der Waals surface area contributed by atoms with E-state index < -0.39 is 36.5 Å². The number of anilines is 6. The van der Waals surface area contributed by atoms with E-state index in [9.17, 15) is 14.2 Å².